The molecule has 1 amide bonds. The van der Waals surface area contributed by atoms with E-state index in [-0.39, 0.29) is 17.2 Å². The second-order valence-corrected chi connectivity index (χ2v) is 14.7. The standard InChI is InChI=1S/C34H38N4O2/c39-31(30-23-9-18-5-19(11-23)12-24(30)10-18)25-3-1-2-4-26(25)32-36-27-13-29(35-17-28(27)37-32)38-33(40)34-14-20-6-21(15-34)8-22(7-20)16-34/h1-4,13,17-24,30H,5-12,14-16H2,(H,36,37)(H,35,38,40). The number of aromatic amines is 1. The van der Waals surface area contributed by atoms with Crippen LogP contribution in [-0.4, -0.2) is 26.6 Å². The van der Waals surface area contributed by atoms with Crippen LogP contribution < -0.4 is 5.32 Å². The number of carbonyl (C=O) groups excluding carboxylic acids is 2. The number of nitrogens with one attached hydrogen (secondary N) is 2. The number of Topliss-reactive ketones (excluding diaryl/α,β-unsaturated/α-hetero) is 1. The molecule has 0 spiro atoms. The highest BCUT2D eigenvalue weighted by molar-refractivity contribution is 6.04. The first kappa shape index (κ1) is 23.7. The van der Waals surface area contributed by atoms with Crippen molar-refractivity contribution in [1.29, 1.82) is 0 Å². The molecule has 11 rings (SSSR count). The minimum absolute atomic E-state index is 0.154. The van der Waals surface area contributed by atoms with E-state index in [4.69, 9.17) is 4.98 Å². The number of aromatic nitrogens is 3. The summed E-state index contributed by atoms with van der Waals surface area (Å²) >= 11 is 0. The molecule has 0 unspecified atom stereocenters. The molecule has 8 saturated carbocycles. The van der Waals surface area contributed by atoms with Crippen LogP contribution in [0.25, 0.3) is 22.4 Å². The number of hydrogen-bond acceptors (Lipinski definition) is 4. The van der Waals surface area contributed by atoms with Gasteiger partial charge in [0.15, 0.2) is 5.78 Å². The Kier molecular flexibility index (Phi) is 5.03. The van der Waals surface area contributed by atoms with Gasteiger partial charge in [-0.1, -0.05) is 24.3 Å². The molecule has 0 atom stereocenters. The lowest BCUT2D eigenvalue weighted by Crippen LogP contribution is -2.51. The summed E-state index contributed by atoms with van der Waals surface area (Å²) in [4.78, 5) is 40.6. The summed E-state index contributed by atoms with van der Waals surface area (Å²) in [5, 5.41) is 3.18. The number of pyridine rings is 1. The third-order valence-electron chi connectivity index (χ3n) is 12.1. The smallest absolute Gasteiger partial charge is 0.231 e. The Labute approximate surface area is 235 Å². The second kappa shape index (κ2) is 8.50. The van der Waals surface area contributed by atoms with Crippen LogP contribution >= 0.6 is 0 Å². The number of amides is 1. The average Bonchev–Trinajstić information content (AvgIpc) is 3.35. The molecule has 0 radical (unpaired) electrons. The van der Waals surface area contributed by atoms with Gasteiger partial charge < -0.3 is 10.3 Å². The lowest BCUT2D eigenvalue weighted by molar-refractivity contribution is -0.140. The zero-order valence-corrected chi connectivity index (χ0v) is 23.1. The van der Waals surface area contributed by atoms with Crippen molar-refractivity contribution in [2.24, 2.45) is 52.8 Å². The highest BCUT2D eigenvalue weighted by atomic mass is 16.2. The Bertz CT molecular complexity index is 1470. The Morgan fingerprint density at radius 3 is 2.12 bits per heavy atom. The van der Waals surface area contributed by atoms with Gasteiger partial charge in [0.1, 0.15) is 11.6 Å². The van der Waals surface area contributed by atoms with Crippen molar-refractivity contribution >= 4 is 28.5 Å². The quantitative estimate of drug-likeness (QED) is 0.344. The van der Waals surface area contributed by atoms with E-state index in [2.05, 4.69) is 15.3 Å². The molecule has 6 nitrogen and oxygen atoms in total. The fraction of sp³-hybridized carbons (Fsp3) is 0.588. The van der Waals surface area contributed by atoms with E-state index < -0.39 is 0 Å². The molecular weight excluding hydrogens is 496 g/mol. The number of rotatable bonds is 5. The monoisotopic (exact) mass is 534 g/mol. The fourth-order valence-electron chi connectivity index (χ4n) is 11.2. The molecular formula is C34H38N4O2. The molecule has 0 aliphatic heterocycles. The van der Waals surface area contributed by atoms with Gasteiger partial charge in [0.2, 0.25) is 5.91 Å². The topological polar surface area (TPSA) is 87.7 Å². The highest BCUT2D eigenvalue weighted by Crippen LogP contribution is 2.60. The molecule has 8 aliphatic carbocycles. The molecule has 8 bridgehead atoms. The Hall–Kier alpha value is -3.02. The number of benzene rings is 1. The Morgan fingerprint density at radius 2 is 1.45 bits per heavy atom. The molecule has 2 heterocycles. The fourth-order valence-corrected chi connectivity index (χ4v) is 11.2. The largest absolute Gasteiger partial charge is 0.337 e. The number of ketones is 1. The summed E-state index contributed by atoms with van der Waals surface area (Å²) in [5.74, 6) is 6.88. The highest BCUT2D eigenvalue weighted by Gasteiger charge is 2.55. The van der Waals surface area contributed by atoms with Gasteiger partial charge in [0.25, 0.3) is 0 Å². The van der Waals surface area contributed by atoms with Crippen LogP contribution in [0.2, 0.25) is 0 Å². The van der Waals surface area contributed by atoms with Crippen molar-refractivity contribution in [2.75, 3.05) is 5.32 Å². The first-order valence-corrected chi connectivity index (χ1v) is 15.8. The van der Waals surface area contributed by atoms with Gasteiger partial charge >= 0.3 is 0 Å². The van der Waals surface area contributed by atoms with Gasteiger partial charge in [-0.15, -0.1) is 0 Å². The maximum atomic E-state index is 14.1. The third-order valence-corrected chi connectivity index (χ3v) is 12.1. The van der Waals surface area contributed by atoms with Crippen molar-refractivity contribution in [3.05, 3.63) is 42.1 Å². The lowest BCUT2D eigenvalue weighted by Gasteiger charge is -2.55. The van der Waals surface area contributed by atoms with Gasteiger partial charge in [0.05, 0.1) is 22.6 Å². The van der Waals surface area contributed by atoms with Crippen LogP contribution in [0.3, 0.4) is 0 Å². The summed E-state index contributed by atoms with van der Waals surface area (Å²) in [6.07, 6.45) is 15.2. The molecule has 8 fully saturated rings. The Morgan fingerprint density at radius 1 is 0.825 bits per heavy atom. The van der Waals surface area contributed by atoms with Crippen molar-refractivity contribution in [2.45, 2.75) is 70.6 Å². The number of imidazole rings is 1. The second-order valence-electron chi connectivity index (χ2n) is 14.7. The van der Waals surface area contributed by atoms with Crippen LogP contribution in [0.15, 0.2) is 36.5 Å². The van der Waals surface area contributed by atoms with Gasteiger partial charge in [0, 0.05) is 23.1 Å². The summed E-state index contributed by atoms with van der Waals surface area (Å²) in [6.45, 7) is 0. The van der Waals surface area contributed by atoms with Crippen LogP contribution in [0.1, 0.15) is 81.0 Å². The summed E-state index contributed by atoms with van der Waals surface area (Å²) < 4.78 is 0. The lowest BCUT2D eigenvalue weighted by atomic mass is 9.49. The predicted octanol–water partition coefficient (Wildman–Crippen LogP) is 7.03. The predicted molar refractivity (Wildman–Crippen MR) is 153 cm³/mol. The number of hydrogen-bond donors (Lipinski definition) is 2. The van der Waals surface area contributed by atoms with Gasteiger partial charge in [-0.2, -0.15) is 0 Å². The number of carbonyl (C=O) groups is 2. The van der Waals surface area contributed by atoms with Gasteiger partial charge in [-0.25, -0.2) is 9.97 Å². The SMILES string of the molecule is O=C(c1ccccc1-c1nc2cc(NC(=O)C34CC5CC(CC(C5)C3)C4)ncc2[nH]1)C1C2CC3CC(C2)CC1C3. The van der Waals surface area contributed by atoms with Crippen molar-refractivity contribution < 1.29 is 9.59 Å². The van der Waals surface area contributed by atoms with E-state index in [0.717, 1.165) is 71.0 Å². The zero-order chi connectivity index (χ0) is 26.6. The first-order valence-electron chi connectivity index (χ1n) is 15.8. The molecule has 0 saturated heterocycles. The Balaban J connectivity index is 0.992. The molecule has 206 valence electrons. The minimum Gasteiger partial charge on any atom is -0.337 e. The minimum atomic E-state index is -0.209. The molecule has 2 aromatic heterocycles. The zero-order valence-electron chi connectivity index (χ0n) is 23.1. The molecule has 6 heteroatoms. The van der Waals surface area contributed by atoms with E-state index in [1.165, 1.54) is 51.4 Å². The van der Waals surface area contributed by atoms with E-state index in [1.54, 1.807) is 6.20 Å². The van der Waals surface area contributed by atoms with E-state index in [0.29, 0.717) is 29.3 Å². The van der Waals surface area contributed by atoms with Gasteiger partial charge in [-0.05, 0) is 112 Å². The number of H-pyrrole nitrogens is 1. The van der Waals surface area contributed by atoms with Crippen molar-refractivity contribution in [1.82, 2.24) is 15.0 Å². The van der Waals surface area contributed by atoms with Gasteiger partial charge in [-0.3, -0.25) is 9.59 Å². The number of fused-ring (bicyclic) bond motifs is 1. The molecule has 40 heavy (non-hydrogen) atoms. The maximum absolute atomic E-state index is 14.1. The normalized spacial score (nSPS) is 38.7. The van der Waals surface area contributed by atoms with Crippen molar-refractivity contribution in [3.63, 3.8) is 0 Å². The molecule has 8 aliphatic rings. The van der Waals surface area contributed by atoms with E-state index in [9.17, 15) is 9.59 Å². The van der Waals surface area contributed by atoms with Crippen molar-refractivity contribution in [3.8, 4) is 11.4 Å². The van der Waals surface area contributed by atoms with E-state index in [1.807, 2.05) is 30.3 Å². The van der Waals surface area contributed by atoms with Crippen LogP contribution in [0.4, 0.5) is 5.82 Å². The van der Waals surface area contributed by atoms with Crippen LogP contribution in [0.5, 0.6) is 0 Å². The number of anilines is 1. The first-order chi connectivity index (χ1) is 19.5. The summed E-state index contributed by atoms with van der Waals surface area (Å²) in [5.41, 5.74) is 3.04. The summed E-state index contributed by atoms with van der Waals surface area (Å²) in [7, 11) is 0. The molecule has 3 aromatic rings. The molecule has 1 aromatic carbocycles. The van der Waals surface area contributed by atoms with Crippen LogP contribution in [0, 0.1) is 52.8 Å². The van der Waals surface area contributed by atoms with E-state index >= 15 is 0 Å². The average molecular weight is 535 g/mol. The maximum Gasteiger partial charge on any atom is 0.231 e. The third kappa shape index (κ3) is 3.60. The number of nitrogens with zero attached hydrogens (tertiary/aromatic N) is 2. The summed E-state index contributed by atoms with van der Waals surface area (Å²) in [6, 6.07) is 9.87. The molecule has 2 N–H and O–H groups in total. The van der Waals surface area contributed by atoms with Crippen LogP contribution in [-0.2, 0) is 4.79 Å².